The van der Waals surface area contributed by atoms with Crippen LogP contribution in [0, 0.1) is 0 Å². The highest BCUT2D eigenvalue weighted by atomic mass is 16.6. The van der Waals surface area contributed by atoms with E-state index in [0.29, 0.717) is 19.3 Å². The molecular weight excluding hydrogens is 264 g/mol. The third-order valence-electron chi connectivity index (χ3n) is 3.68. The molecule has 1 unspecified atom stereocenters. The summed E-state index contributed by atoms with van der Waals surface area (Å²) in [5, 5.41) is 3.53. The Morgan fingerprint density at radius 2 is 1.86 bits per heavy atom. The predicted molar refractivity (Wildman–Crippen MR) is 81.8 cm³/mol. The summed E-state index contributed by atoms with van der Waals surface area (Å²) in [4.78, 5) is 4.04. The Hall–Kier alpha value is -2.07. The minimum absolute atomic E-state index is 0.324. The maximum absolute atomic E-state index is 5.61. The van der Waals surface area contributed by atoms with Gasteiger partial charge in [0.1, 0.15) is 13.2 Å². The molecule has 0 saturated heterocycles. The summed E-state index contributed by atoms with van der Waals surface area (Å²) in [5.74, 6) is 1.71. The van der Waals surface area contributed by atoms with Crippen molar-refractivity contribution in [3.8, 4) is 11.5 Å². The second-order valence-corrected chi connectivity index (χ2v) is 5.18. The zero-order valence-corrected chi connectivity index (χ0v) is 12.2. The van der Waals surface area contributed by atoms with Gasteiger partial charge < -0.3 is 14.8 Å². The third kappa shape index (κ3) is 3.52. The van der Waals surface area contributed by atoms with Crippen LogP contribution in [0.25, 0.3) is 0 Å². The van der Waals surface area contributed by atoms with Crippen molar-refractivity contribution in [2.75, 3.05) is 19.8 Å². The van der Waals surface area contributed by atoms with Crippen LogP contribution in [0.4, 0.5) is 0 Å². The van der Waals surface area contributed by atoms with Crippen molar-refractivity contribution in [1.29, 1.82) is 0 Å². The van der Waals surface area contributed by atoms with Gasteiger partial charge in [0.05, 0.1) is 0 Å². The molecule has 1 aromatic heterocycles. The molecule has 2 aromatic rings. The fourth-order valence-electron chi connectivity index (χ4n) is 2.45. The Morgan fingerprint density at radius 3 is 2.67 bits per heavy atom. The van der Waals surface area contributed by atoms with Crippen LogP contribution in [0.15, 0.2) is 42.7 Å². The lowest BCUT2D eigenvalue weighted by Gasteiger charge is -2.19. The summed E-state index contributed by atoms with van der Waals surface area (Å²) in [6.07, 6.45) is 4.62. The predicted octanol–water partition coefficient (Wildman–Crippen LogP) is 2.75. The van der Waals surface area contributed by atoms with Gasteiger partial charge in [0, 0.05) is 18.4 Å². The molecule has 1 aliphatic rings. The number of benzene rings is 1. The van der Waals surface area contributed by atoms with Gasteiger partial charge in [-0.3, -0.25) is 4.98 Å². The molecule has 1 N–H and O–H groups in total. The minimum Gasteiger partial charge on any atom is -0.486 e. The molecule has 1 aromatic carbocycles. The van der Waals surface area contributed by atoms with Crippen molar-refractivity contribution in [3.63, 3.8) is 0 Å². The van der Waals surface area contributed by atoms with Crippen molar-refractivity contribution in [2.24, 2.45) is 0 Å². The van der Waals surface area contributed by atoms with Crippen LogP contribution >= 0.6 is 0 Å². The number of fused-ring (bicyclic) bond motifs is 1. The monoisotopic (exact) mass is 284 g/mol. The Morgan fingerprint density at radius 1 is 1.10 bits per heavy atom. The normalized spacial score (nSPS) is 14.7. The van der Waals surface area contributed by atoms with Gasteiger partial charge in [0.15, 0.2) is 11.5 Å². The Labute approximate surface area is 125 Å². The third-order valence-corrected chi connectivity index (χ3v) is 3.68. The molecule has 0 radical (unpaired) electrons. The summed E-state index contributed by atoms with van der Waals surface area (Å²) < 4.78 is 11.1. The van der Waals surface area contributed by atoms with Crippen LogP contribution in [0.1, 0.15) is 24.1 Å². The van der Waals surface area contributed by atoms with E-state index in [1.165, 1.54) is 11.1 Å². The van der Waals surface area contributed by atoms with Crippen molar-refractivity contribution < 1.29 is 9.47 Å². The van der Waals surface area contributed by atoms with Crippen molar-refractivity contribution in [3.05, 3.63) is 53.9 Å². The van der Waals surface area contributed by atoms with Crippen LogP contribution in [-0.4, -0.2) is 24.7 Å². The lowest BCUT2D eigenvalue weighted by molar-refractivity contribution is 0.171. The van der Waals surface area contributed by atoms with Gasteiger partial charge in [0.25, 0.3) is 0 Å². The minimum atomic E-state index is 0.324. The zero-order chi connectivity index (χ0) is 14.5. The lowest BCUT2D eigenvalue weighted by Crippen LogP contribution is -2.21. The highest BCUT2D eigenvalue weighted by molar-refractivity contribution is 5.43. The summed E-state index contributed by atoms with van der Waals surface area (Å²) in [6.45, 7) is 4.35. The molecular formula is C17H20N2O2. The molecule has 110 valence electrons. The first-order chi connectivity index (χ1) is 10.3. The highest BCUT2D eigenvalue weighted by Gasteiger charge is 2.11. The van der Waals surface area contributed by atoms with Crippen LogP contribution in [0.5, 0.6) is 11.5 Å². The van der Waals surface area contributed by atoms with E-state index in [-0.39, 0.29) is 0 Å². The first-order valence-corrected chi connectivity index (χ1v) is 7.35. The first-order valence-electron chi connectivity index (χ1n) is 7.35. The van der Waals surface area contributed by atoms with E-state index in [1.807, 2.05) is 30.6 Å². The SMILES string of the molecule is CC(NCCc1ccc2c(c1)OCCO2)c1ccncc1. The number of nitrogens with zero attached hydrogens (tertiary/aromatic N) is 1. The van der Waals surface area contributed by atoms with Gasteiger partial charge in [-0.15, -0.1) is 0 Å². The molecule has 1 atom stereocenters. The fraction of sp³-hybridized carbons (Fsp3) is 0.353. The fourth-order valence-corrected chi connectivity index (χ4v) is 2.45. The molecule has 0 fully saturated rings. The molecule has 0 amide bonds. The Bertz CT molecular complexity index is 587. The first kappa shape index (κ1) is 13.9. The molecule has 2 heterocycles. The average Bonchev–Trinajstić information content (AvgIpc) is 2.55. The molecule has 0 saturated carbocycles. The van der Waals surface area contributed by atoms with Crippen molar-refractivity contribution >= 4 is 0 Å². The van der Waals surface area contributed by atoms with E-state index in [1.54, 1.807) is 0 Å². The Kier molecular flexibility index (Phi) is 4.36. The van der Waals surface area contributed by atoms with Gasteiger partial charge in [-0.2, -0.15) is 0 Å². The number of rotatable bonds is 5. The zero-order valence-electron chi connectivity index (χ0n) is 12.2. The van der Waals surface area contributed by atoms with Gasteiger partial charge in [0.2, 0.25) is 0 Å². The van der Waals surface area contributed by atoms with Crippen molar-refractivity contribution in [2.45, 2.75) is 19.4 Å². The van der Waals surface area contributed by atoms with Crippen molar-refractivity contribution in [1.82, 2.24) is 10.3 Å². The number of hydrogen-bond acceptors (Lipinski definition) is 4. The summed E-state index contributed by atoms with van der Waals surface area (Å²) in [5.41, 5.74) is 2.51. The van der Waals surface area contributed by atoms with E-state index in [0.717, 1.165) is 24.5 Å². The Balaban J connectivity index is 1.53. The molecule has 4 nitrogen and oxygen atoms in total. The standard InChI is InChI=1S/C17H20N2O2/c1-13(15-5-7-18-8-6-15)19-9-4-14-2-3-16-17(12-14)21-11-10-20-16/h2-3,5-8,12-13,19H,4,9-11H2,1H3. The van der Waals surface area contributed by atoms with Gasteiger partial charge in [-0.1, -0.05) is 6.07 Å². The van der Waals surface area contributed by atoms with E-state index in [4.69, 9.17) is 9.47 Å². The molecule has 1 aliphatic heterocycles. The van der Waals surface area contributed by atoms with Gasteiger partial charge in [-0.25, -0.2) is 0 Å². The maximum atomic E-state index is 5.61. The lowest BCUT2D eigenvalue weighted by atomic mass is 10.1. The van der Waals surface area contributed by atoms with E-state index >= 15 is 0 Å². The molecule has 21 heavy (non-hydrogen) atoms. The molecule has 3 rings (SSSR count). The van der Waals surface area contributed by atoms with Crippen LogP contribution in [-0.2, 0) is 6.42 Å². The van der Waals surface area contributed by atoms with E-state index in [2.05, 4.69) is 29.4 Å². The van der Waals surface area contributed by atoms with Gasteiger partial charge in [-0.05, 0) is 55.3 Å². The second-order valence-electron chi connectivity index (χ2n) is 5.18. The van der Waals surface area contributed by atoms with Crippen LogP contribution in [0.3, 0.4) is 0 Å². The van der Waals surface area contributed by atoms with E-state index < -0.39 is 0 Å². The summed E-state index contributed by atoms with van der Waals surface area (Å²) in [6, 6.07) is 10.6. The second kappa shape index (κ2) is 6.59. The largest absolute Gasteiger partial charge is 0.486 e. The summed E-state index contributed by atoms with van der Waals surface area (Å²) in [7, 11) is 0. The smallest absolute Gasteiger partial charge is 0.161 e. The van der Waals surface area contributed by atoms with Gasteiger partial charge >= 0.3 is 0 Å². The van der Waals surface area contributed by atoms with E-state index in [9.17, 15) is 0 Å². The number of pyridine rings is 1. The number of aromatic nitrogens is 1. The average molecular weight is 284 g/mol. The molecule has 0 aliphatic carbocycles. The van der Waals surface area contributed by atoms with Crippen LogP contribution in [0.2, 0.25) is 0 Å². The highest BCUT2D eigenvalue weighted by Crippen LogP contribution is 2.30. The number of hydrogen-bond donors (Lipinski definition) is 1. The number of nitrogens with one attached hydrogen (secondary N) is 1. The topological polar surface area (TPSA) is 43.4 Å². The number of ether oxygens (including phenoxy) is 2. The van der Waals surface area contributed by atoms with Crippen LogP contribution < -0.4 is 14.8 Å². The summed E-state index contributed by atoms with van der Waals surface area (Å²) >= 11 is 0. The maximum Gasteiger partial charge on any atom is 0.161 e. The molecule has 0 bridgehead atoms. The molecule has 0 spiro atoms. The quantitative estimate of drug-likeness (QED) is 0.917. The molecule has 4 heteroatoms.